The van der Waals surface area contributed by atoms with Gasteiger partial charge >= 0.3 is 12.1 Å². The summed E-state index contributed by atoms with van der Waals surface area (Å²) < 4.78 is 10.6. The molecule has 3 rings (SSSR count). The van der Waals surface area contributed by atoms with Gasteiger partial charge < -0.3 is 25.8 Å². The number of ether oxygens (including phenoxy) is 2. The van der Waals surface area contributed by atoms with E-state index in [1.807, 2.05) is 48.5 Å². The minimum atomic E-state index is -1.07. The molecule has 1 aliphatic rings. The van der Waals surface area contributed by atoms with Crippen molar-refractivity contribution in [2.45, 2.75) is 51.2 Å². The van der Waals surface area contributed by atoms with Crippen molar-refractivity contribution < 1.29 is 28.7 Å². The van der Waals surface area contributed by atoms with E-state index in [2.05, 4.69) is 10.6 Å². The molecule has 0 aromatic heterocycles. The standard InChI is InChI=1S/C26H31N3O6/c1-26(2,3)35-23(31)13-12-21(24(27)32)29-22(30)14-28-25(33)34-15-20-18-10-6-4-8-16(18)17-9-5-7-11-19(17)20/h4-11,20-21H,12-15H2,1-3H3,(H2,27,32)(H,28,33)(H,29,30). The lowest BCUT2D eigenvalue weighted by molar-refractivity contribution is -0.155. The molecule has 3 amide bonds. The Morgan fingerprint density at radius 3 is 2.09 bits per heavy atom. The summed E-state index contributed by atoms with van der Waals surface area (Å²) in [6.07, 6.45) is -0.863. The number of nitrogens with one attached hydrogen (secondary N) is 2. The number of rotatable bonds is 9. The van der Waals surface area contributed by atoms with Crippen LogP contribution in [0.25, 0.3) is 11.1 Å². The molecule has 2 aromatic rings. The second-order valence-corrected chi connectivity index (χ2v) is 9.33. The van der Waals surface area contributed by atoms with Gasteiger partial charge in [-0.3, -0.25) is 14.4 Å². The van der Waals surface area contributed by atoms with Gasteiger partial charge in [-0.2, -0.15) is 0 Å². The van der Waals surface area contributed by atoms with Crippen LogP contribution in [0.1, 0.15) is 50.7 Å². The zero-order valence-corrected chi connectivity index (χ0v) is 20.1. The van der Waals surface area contributed by atoms with Crippen LogP contribution in [0.2, 0.25) is 0 Å². The third-order valence-electron chi connectivity index (χ3n) is 5.47. The van der Waals surface area contributed by atoms with Crippen LogP contribution in [0.4, 0.5) is 4.79 Å². The fourth-order valence-corrected chi connectivity index (χ4v) is 3.99. The predicted molar refractivity (Wildman–Crippen MR) is 129 cm³/mol. The predicted octanol–water partition coefficient (Wildman–Crippen LogP) is 2.62. The zero-order chi connectivity index (χ0) is 25.6. The number of hydrogen-bond acceptors (Lipinski definition) is 6. The maximum absolute atomic E-state index is 12.2. The van der Waals surface area contributed by atoms with Crippen molar-refractivity contribution in [3.05, 3.63) is 59.7 Å². The number of amides is 3. The van der Waals surface area contributed by atoms with Gasteiger partial charge in [-0.25, -0.2) is 4.79 Å². The first-order chi connectivity index (χ1) is 16.5. The molecule has 186 valence electrons. The maximum atomic E-state index is 12.2. The minimum absolute atomic E-state index is 0.0130. The molecule has 9 heteroatoms. The van der Waals surface area contributed by atoms with E-state index in [0.717, 1.165) is 22.3 Å². The van der Waals surface area contributed by atoms with Crippen molar-refractivity contribution in [1.82, 2.24) is 10.6 Å². The van der Waals surface area contributed by atoms with Gasteiger partial charge in [-0.05, 0) is 49.4 Å². The molecule has 0 spiro atoms. The van der Waals surface area contributed by atoms with Crippen LogP contribution < -0.4 is 16.4 Å². The average Bonchev–Trinajstić information content (AvgIpc) is 3.11. The van der Waals surface area contributed by atoms with Gasteiger partial charge in [-0.15, -0.1) is 0 Å². The third kappa shape index (κ3) is 7.05. The monoisotopic (exact) mass is 481 g/mol. The van der Waals surface area contributed by atoms with E-state index >= 15 is 0 Å². The summed E-state index contributed by atoms with van der Waals surface area (Å²) in [4.78, 5) is 48.0. The van der Waals surface area contributed by atoms with Gasteiger partial charge in [0.25, 0.3) is 0 Å². The van der Waals surface area contributed by atoms with Crippen molar-refractivity contribution in [2.75, 3.05) is 13.2 Å². The Labute approximate surface area is 204 Å². The number of carbonyl (C=O) groups excluding carboxylic acids is 4. The molecule has 1 atom stereocenters. The number of alkyl carbamates (subject to hydrolysis) is 1. The highest BCUT2D eigenvalue weighted by Crippen LogP contribution is 2.44. The molecule has 0 saturated carbocycles. The number of nitrogens with two attached hydrogens (primary N) is 1. The van der Waals surface area contributed by atoms with Crippen LogP contribution in [0.15, 0.2) is 48.5 Å². The summed E-state index contributed by atoms with van der Waals surface area (Å²) in [5.74, 6) is -2.03. The second-order valence-electron chi connectivity index (χ2n) is 9.33. The number of benzene rings is 2. The molecule has 0 fully saturated rings. The Morgan fingerprint density at radius 1 is 0.971 bits per heavy atom. The number of fused-ring (bicyclic) bond motifs is 3. The first kappa shape index (κ1) is 25.7. The molecular formula is C26H31N3O6. The molecule has 0 saturated heterocycles. The fraction of sp³-hybridized carbons (Fsp3) is 0.385. The van der Waals surface area contributed by atoms with Crippen molar-refractivity contribution in [3.8, 4) is 11.1 Å². The fourth-order valence-electron chi connectivity index (χ4n) is 3.99. The summed E-state index contributed by atoms with van der Waals surface area (Å²) in [5.41, 5.74) is 9.05. The van der Waals surface area contributed by atoms with Crippen molar-refractivity contribution in [2.24, 2.45) is 5.73 Å². The Bertz CT molecular complexity index is 1060. The highest BCUT2D eigenvalue weighted by Gasteiger charge is 2.29. The van der Waals surface area contributed by atoms with E-state index in [1.165, 1.54) is 0 Å². The van der Waals surface area contributed by atoms with Gasteiger partial charge in [0, 0.05) is 12.3 Å². The number of carbonyl (C=O) groups is 4. The van der Waals surface area contributed by atoms with Crippen LogP contribution in [-0.2, 0) is 23.9 Å². The van der Waals surface area contributed by atoms with Crippen LogP contribution in [-0.4, -0.2) is 48.7 Å². The smallest absolute Gasteiger partial charge is 0.407 e. The lowest BCUT2D eigenvalue weighted by Crippen LogP contribution is -2.48. The Balaban J connectivity index is 1.47. The topological polar surface area (TPSA) is 137 Å². The Kier molecular flexibility index (Phi) is 8.11. The number of primary amides is 1. The van der Waals surface area contributed by atoms with E-state index < -0.39 is 42.1 Å². The van der Waals surface area contributed by atoms with Crippen LogP contribution in [0, 0.1) is 0 Å². The van der Waals surface area contributed by atoms with Crippen LogP contribution in [0.3, 0.4) is 0 Å². The summed E-state index contributed by atoms with van der Waals surface area (Å²) in [5, 5.41) is 4.80. The van der Waals surface area contributed by atoms with Crippen molar-refractivity contribution in [1.29, 1.82) is 0 Å². The molecule has 9 nitrogen and oxygen atoms in total. The molecule has 0 aliphatic heterocycles. The second kappa shape index (κ2) is 11.0. The first-order valence-electron chi connectivity index (χ1n) is 11.4. The molecule has 0 radical (unpaired) electrons. The zero-order valence-electron chi connectivity index (χ0n) is 20.1. The van der Waals surface area contributed by atoms with Gasteiger partial charge in [0.05, 0.1) is 0 Å². The molecule has 1 unspecified atom stereocenters. The molecule has 0 heterocycles. The molecule has 2 aromatic carbocycles. The molecule has 4 N–H and O–H groups in total. The lowest BCUT2D eigenvalue weighted by atomic mass is 9.98. The summed E-state index contributed by atoms with van der Waals surface area (Å²) in [6.45, 7) is 4.89. The van der Waals surface area contributed by atoms with Gasteiger partial charge in [0.2, 0.25) is 11.8 Å². The molecular weight excluding hydrogens is 450 g/mol. The first-order valence-corrected chi connectivity index (χ1v) is 11.4. The third-order valence-corrected chi connectivity index (χ3v) is 5.47. The summed E-state index contributed by atoms with van der Waals surface area (Å²) >= 11 is 0. The molecule has 1 aliphatic carbocycles. The summed E-state index contributed by atoms with van der Waals surface area (Å²) in [6, 6.07) is 14.9. The minimum Gasteiger partial charge on any atom is -0.460 e. The Hall–Kier alpha value is -3.88. The van der Waals surface area contributed by atoms with E-state index in [9.17, 15) is 19.2 Å². The molecule has 35 heavy (non-hydrogen) atoms. The van der Waals surface area contributed by atoms with Gasteiger partial charge in [0.15, 0.2) is 0 Å². The quantitative estimate of drug-likeness (QED) is 0.471. The van der Waals surface area contributed by atoms with Crippen LogP contribution >= 0.6 is 0 Å². The highest BCUT2D eigenvalue weighted by atomic mass is 16.6. The number of esters is 1. The van der Waals surface area contributed by atoms with Crippen LogP contribution in [0.5, 0.6) is 0 Å². The normalized spacial score (nSPS) is 13.2. The summed E-state index contributed by atoms with van der Waals surface area (Å²) in [7, 11) is 0. The maximum Gasteiger partial charge on any atom is 0.407 e. The number of hydrogen-bond donors (Lipinski definition) is 3. The average molecular weight is 482 g/mol. The van der Waals surface area contributed by atoms with Gasteiger partial charge in [0.1, 0.15) is 24.8 Å². The van der Waals surface area contributed by atoms with Gasteiger partial charge in [-0.1, -0.05) is 48.5 Å². The van der Waals surface area contributed by atoms with Crippen molar-refractivity contribution in [3.63, 3.8) is 0 Å². The van der Waals surface area contributed by atoms with E-state index in [4.69, 9.17) is 15.2 Å². The molecule has 0 bridgehead atoms. The van der Waals surface area contributed by atoms with E-state index in [1.54, 1.807) is 20.8 Å². The van der Waals surface area contributed by atoms with Crippen molar-refractivity contribution >= 4 is 23.9 Å². The van der Waals surface area contributed by atoms with E-state index in [0.29, 0.717) is 0 Å². The van der Waals surface area contributed by atoms with E-state index in [-0.39, 0.29) is 25.4 Å². The SMILES string of the molecule is CC(C)(C)OC(=O)CCC(NC(=O)CNC(=O)OCC1c2ccccc2-c2ccccc21)C(N)=O. The Morgan fingerprint density at radius 2 is 1.54 bits per heavy atom. The lowest BCUT2D eigenvalue weighted by Gasteiger charge is -2.20. The highest BCUT2D eigenvalue weighted by molar-refractivity contribution is 5.89. The largest absolute Gasteiger partial charge is 0.460 e.